The molecule has 0 aliphatic carbocycles. The number of hydrogen-bond donors (Lipinski definition) is 0. The summed E-state index contributed by atoms with van der Waals surface area (Å²) < 4.78 is 24.5. The smallest absolute Gasteiger partial charge is 0.220 e. The van der Waals surface area contributed by atoms with Crippen LogP contribution in [-0.4, -0.2) is 27.9 Å². The third-order valence-electron chi connectivity index (χ3n) is 5.11. The van der Waals surface area contributed by atoms with Gasteiger partial charge in [-0.25, -0.2) is 0 Å². The number of benzene rings is 3. The van der Waals surface area contributed by atoms with Crippen molar-refractivity contribution in [2.24, 2.45) is 7.05 Å². The molecule has 0 fully saturated rings. The van der Waals surface area contributed by atoms with Crippen LogP contribution in [0.2, 0.25) is 0 Å². The fourth-order valence-electron chi connectivity index (χ4n) is 3.85. The lowest BCUT2D eigenvalue weighted by Gasteiger charge is -2.13. The fourth-order valence-corrected chi connectivity index (χ4v) is 3.85. The van der Waals surface area contributed by atoms with E-state index in [4.69, 9.17) is 18.9 Å². The number of methoxy groups -OCH3 is 3. The van der Waals surface area contributed by atoms with Crippen LogP contribution in [0.5, 0.6) is 23.0 Å². The van der Waals surface area contributed by atoms with Crippen molar-refractivity contribution in [1.29, 1.82) is 0 Å². The zero-order valence-corrected chi connectivity index (χ0v) is 18.0. The maximum atomic E-state index is 5.75. The first-order chi connectivity index (χ1) is 13.6. The summed E-state index contributed by atoms with van der Waals surface area (Å²) in [6.07, 6.45) is 2.12. The second kappa shape index (κ2) is 8.21. The monoisotopic (exact) mass is 413 g/mol. The van der Waals surface area contributed by atoms with E-state index < -0.39 is 0 Å². The van der Waals surface area contributed by atoms with Crippen molar-refractivity contribution in [3.8, 4) is 23.0 Å². The number of aryl methyl sites for hydroxylation is 1. The Morgan fingerprint density at radius 2 is 1.31 bits per heavy atom. The molecule has 0 bridgehead atoms. The molecular weight excluding hydrogens is 390 g/mol. The number of rotatable bonds is 5. The van der Waals surface area contributed by atoms with Gasteiger partial charge in [-0.05, 0) is 42.6 Å². The highest BCUT2D eigenvalue weighted by molar-refractivity contribution is 6.14. The molecule has 152 valence electrons. The predicted octanol–water partition coefficient (Wildman–Crippen LogP) is 1.40. The molecule has 1 heterocycles. The van der Waals surface area contributed by atoms with Crippen molar-refractivity contribution in [1.82, 2.24) is 0 Å². The first-order valence-corrected chi connectivity index (χ1v) is 9.22. The fraction of sp³-hybridized carbons (Fsp3) is 0.261. The van der Waals surface area contributed by atoms with Crippen molar-refractivity contribution < 1.29 is 35.9 Å². The Kier molecular flexibility index (Phi) is 5.89. The van der Waals surface area contributed by atoms with Gasteiger partial charge in [-0.1, -0.05) is 6.07 Å². The number of pyridine rings is 1. The molecule has 0 saturated carbocycles. The highest BCUT2D eigenvalue weighted by Gasteiger charge is 2.19. The molecule has 0 unspecified atom stereocenters. The van der Waals surface area contributed by atoms with Crippen molar-refractivity contribution in [2.45, 2.75) is 6.92 Å². The third-order valence-corrected chi connectivity index (χ3v) is 5.11. The summed E-state index contributed by atoms with van der Waals surface area (Å²) in [7, 11) is 7.04. The SMILES string of the molecule is CCOc1cc2c[n+](C)c3c4cc(OC)c(OC)cc4ccc3c2cc1OC.[Cl-]. The van der Waals surface area contributed by atoms with E-state index in [1.807, 2.05) is 25.1 Å². The molecule has 0 radical (unpaired) electrons. The molecule has 4 aromatic rings. The molecule has 1 aromatic heterocycles. The minimum absolute atomic E-state index is 0. The van der Waals surface area contributed by atoms with Crippen molar-refractivity contribution in [3.05, 3.63) is 42.6 Å². The zero-order valence-electron chi connectivity index (χ0n) is 17.2. The van der Waals surface area contributed by atoms with Crippen LogP contribution < -0.4 is 35.9 Å². The molecule has 5 nitrogen and oxygen atoms in total. The molecule has 0 aliphatic heterocycles. The topological polar surface area (TPSA) is 40.8 Å². The van der Waals surface area contributed by atoms with Gasteiger partial charge in [0.15, 0.2) is 29.2 Å². The zero-order chi connectivity index (χ0) is 19.8. The van der Waals surface area contributed by atoms with Crippen molar-refractivity contribution >= 4 is 32.4 Å². The van der Waals surface area contributed by atoms with Gasteiger partial charge in [0.25, 0.3) is 0 Å². The van der Waals surface area contributed by atoms with Crippen LogP contribution in [0.1, 0.15) is 6.92 Å². The Balaban J connectivity index is 0.00000240. The Hall–Kier alpha value is -2.92. The van der Waals surface area contributed by atoms with Crippen LogP contribution in [0.3, 0.4) is 0 Å². The Labute approximate surface area is 176 Å². The molecule has 0 atom stereocenters. The highest BCUT2D eigenvalue weighted by Crippen LogP contribution is 2.39. The molecule has 4 rings (SSSR count). The summed E-state index contributed by atoms with van der Waals surface area (Å²) in [5, 5.41) is 5.55. The molecule has 29 heavy (non-hydrogen) atoms. The largest absolute Gasteiger partial charge is 1.00 e. The number of halogens is 1. The van der Waals surface area contributed by atoms with Gasteiger partial charge in [-0.3, -0.25) is 0 Å². The predicted molar refractivity (Wildman–Crippen MR) is 111 cm³/mol. The molecular formula is C23H24ClNO4. The van der Waals surface area contributed by atoms with Gasteiger partial charge in [0.05, 0.1) is 44.1 Å². The van der Waals surface area contributed by atoms with Crippen LogP contribution in [0.4, 0.5) is 0 Å². The molecule has 0 saturated heterocycles. The molecule has 3 aromatic carbocycles. The second-order valence-corrected chi connectivity index (χ2v) is 6.65. The van der Waals surface area contributed by atoms with E-state index in [2.05, 4.69) is 36.0 Å². The maximum absolute atomic E-state index is 5.75. The van der Waals surface area contributed by atoms with E-state index in [0.29, 0.717) is 12.4 Å². The summed E-state index contributed by atoms with van der Waals surface area (Å²) >= 11 is 0. The minimum Gasteiger partial charge on any atom is -1.00 e. The highest BCUT2D eigenvalue weighted by atomic mass is 35.5. The Morgan fingerprint density at radius 1 is 0.724 bits per heavy atom. The van der Waals surface area contributed by atoms with Crippen LogP contribution in [0, 0.1) is 0 Å². The van der Waals surface area contributed by atoms with E-state index >= 15 is 0 Å². The average molecular weight is 414 g/mol. The first-order valence-electron chi connectivity index (χ1n) is 9.22. The minimum atomic E-state index is 0. The average Bonchev–Trinajstić information content (AvgIpc) is 2.72. The first kappa shape index (κ1) is 20.8. The van der Waals surface area contributed by atoms with Gasteiger partial charge < -0.3 is 31.4 Å². The number of hydrogen-bond acceptors (Lipinski definition) is 4. The van der Waals surface area contributed by atoms with E-state index in [-0.39, 0.29) is 12.4 Å². The second-order valence-electron chi connectivity index (χ2n) is 6.65. The van der Waals surface area contributed by atoms with Crippen LogP contribution in [0.15, 0.2) is 42.6 Å². The van der Waals surface area contributed by atoms with Gasteiger partial charge in [0, 0.05) is 5.39 Å². The number of nitrogens with zero attached hydrogens (tertiary/aromatic N) is 1. The Morgan fingerprint density at radius 3 is 1.97 bits per heavy atom. The lowest BCUT2D eigenvalue weighted by atomic mass is 10.00. The van der Waals surface area contributed by atoms with Crippen LogP contribution in [-0.2, 0) is 7.05 Å². The van der Waals surface area contributed by atoms with E-state index in [9.17, 15) is 0 Å². The Bertz CT molecular complexity index is 1210. The summed E-state index contributed by atoms with van der Waals surface area (Å²) in [5.41, 5.74) is 1.12. The van der Waals surface area contributed by atoms with E-state index in [0.717, 1.165) is 49.7 Å². The summed E-state index contributed by atoms with van der Waals surface area (Å²) in [6.45, 7) is 2.56. The quantitative estimate of drug-likeness (QED) is 0.366. The van der Waals surface area contributed by atoms with E-state index in [1.165, 1.54) is 0 Å². The van der Waals surface area contributed by atoms with Gasteiger partial charge >= 0.3 is 0 Å². The van der Waals surface area contributed by atoms with Crippen LogP contribution in [0.25, 0.3) is 32.4 Å². The van der Waals surface area contributed by atoms with Gasteiger partial charge in [-0.15, -0.1) is 0 Å². The summed E-state index contributed by atoms with van der Waals surface area (Å²) in [6, 6.07) is 12.4. The normalized spacial score (nSPS) is 10.8. The molecule has 6 heteroatoms. The number of ether oxygens (including phenoxy) is 4. The van der Waals surface area contributed by atoms with Gasteiger partial charge in [0.2, 0.25) is 5.52 Å². The molecule has 0 spiro atoms. The van der Waals surface area contributed by atoms with Crippen molar-refractivity contribution in [2.75, 3.05) is 27.9 Å². The standard InChI is InChI=1S/C23H24NO4.ClH/c1-6-28-22-10-15-13-24(2)23-16(17(15)11-21(22)27-5)8-7-14-9-19(25-3)20(26-4)12-18(14)23;/h7-13H,6H2,1-5H3;1H/q+1;/p-1. The van der Waals surface area contributed by atoms with Gasteiger partial charge in [-0.2, -0.15) is 4.57 Å². The summed E-state index contributed by atoms with van der Waals surface area (Å²) in [4.78, 5) is 0. The molecule has 0 amide bonds. The lowest BCUT2D eigenvalue weighted by molar-refractivity contribution is -0.642. The summed E-state index contributed by atoms with van der Waals surface area (Å²) in [5.74, 6) is 2.92. The third kappa shape index (κ3) is 3.36. The van der Waals surface area contributed by atoms with Gasteiger partial charge in [0.1, 0.15) is 7.05 Å². The lowest BCUT2D eigenvalue weighted by Crippen LogP contribution is -3.00. The maximum Gasteiger partial charge on any atom is 0.220 e. The number of fused-ring (bicyclic) bond motifs is 5. The van der Waals surface area contributed by atoms with E-state index in [1.54, 1.807) is 21.3 Å². The van der Waals surface area contributed by atoms with Crippen molar-refractivity contribution in [3.63, 3.8) is 0 Å². The molecule has 0 N–H and O–H groups in total. The van der Waals surface area contributed by atoms with Crippen LogP contribution >= 0.6 is 0 Å². The molecule has 0 aliphatic rings. The number of aromatic nitrogens is 1.